The van der Waals surface area contributed by atoms with Crippen LogP contribution in [0.4, 0.5) is 0 Å². The second-order valence-corrected chi connectivity index (χ2v) is 10.7. The van der Waals surface area contributed by atoms with Crippen LogP contribution in [0.15, 0.2) is 42.5 Å². The summed E-state index contributed by atoms with van der Waals surface area (Å²) in [5.74, 6) is 2.08. The van der Waals surface area contributed by atoms with Crippen LogP contribution in [0.3, 0.4) is 0 Å². The fourth-order valence-corrected chi connectivity index (χ4v) is 4.79. The third-order valence-corrected chi connectivity index (χ3v) is 7.14. The van der Waals surface area contributed by atoms with Crippen molar-refractivity contribution in [1.82, 2.24) is 0 Å². The van der Waals surface area contributed by atoms with Crippen LogP contribution in [-0.4, -0.2) is 0 Å². The maximum Gasteiger partial charge on any atom is -0.0351 e. The number of hydrogen-bond acceptors (Lipinski definition) is 0. The highest BCUT2D eigenvalue weighted by Gasteiger charge is 2.07. The molecular weight excluding hydrogens is 384 g/mol. The summed E-state index contributed by atoms with van der Waals surface area (Å²) < 4.78 is 0. The monoisotopic (exact) mass is 440 g/mol. The predicted octanol–water partition coefficient (Wildman–Crippen LogP) is 11.2. The van der Waals surface area contributed by atoms with Gasteiger partial charge in [-0.25, -0.2) is 0 Å². The third kappa shape index (κ3) is 19.6. The molecule has 4 aliphatic rings. The summed E-state index contributed by atoms with van der Waals surface area (Å²) in [6, 6.07) is 10.3. The van der Waals surface area contributed by atoms with Gasteiger partial charge >= 0.3 is 0 Å². The van der Waals surface area contributed by atoms with Gasteiger partial charge in [0.05, 0.1) is 0 Å². The first-order valence-electron chi connectivity index (χ1n) is 14.3. The molecule has 0 nitrogen and oxygen atoms in total. The summed E-state index contributed by atoms with van der Waals surface area (Å²) in [5.41, 5.74) is 1.32. The van der Waals surface area contributed by atoms with E-state index in [2.05, 4.69) is 45.1 Å². The smallest absolute Gasteiger partial charge is 0.0351 e. The van der Waals surface area contributed by atoms with Gasteiger partial charge in [-0.3, -0.25) is 0 Å². The molecule has 0 heteroatoms. The van der Waals surface area contributed by atoms with Crippen LogP contribution in [0.25, 0.3) is 0 Å². The predicted molar refractivity (Wildman–Crippen MR) is 146 cm³/mol. The molecule has 0 spiro atoms. The largest absolute Gasteiger partial charge is 0.0885 e. The van der Waals surface area contributed by atoms with Crippen LogP contribution in [0, 0.1) is 18.8 Å². The normalized spacial score (nSPS) is 20.7. The van der Waals surface area contributed by atoms with Crippen LogP contribution < -0.4 is 0 Å². The first-order chi connectivity index (χ1) is 15.7. The van der Waals surface area contributed by atoms with Gasteiger partial charge in [0.25, 0.3) is 0 Å². The molecule has 0 heterocycles. The first-order valence-corrected chi connectivity index (χ1v) is 14.3. The van der Waals surface area contributed by atoms with E-state index in [1.54, 1.807) is 0 Å². The highest BCUT2D eigenvalue weighted by atomic mass is 14.1. The number of allylic oxidation sites excluding steroid dienone is 2. The van der Waals surface area contributed by atoms with Crippen LogP contribution in [-0.2, 0) is 0 Å². The molecule has 0 radical (unpaired) electrons. The van der Waals surface area contributed by atoms with E-state index in [1.165, 1.54) is 128 Å². The number of aryl methyl sites for hydroxylation is 1. The van der Waals surface area contributed by atoms with Crippen molar-refractivity contribution in [2.45, 2.75) is 143 Å². The zero-order chi connectivity index (χ0) is 23.1. The fraction of sp³-hybridized carbons (Fsp3) is 0.750. The van der Waals surface area contributed by atoms with Crippen molar-refractivity contribution in [3.05, 3.63) is 48.0 Å². The Bertz CT molecular complexity index is 479. The van der Waals surface area contributed by atoms with Crippen molar-refractivity contribution >= 4 is 0 Å². The minimum Gasteiger partial charge on any atom is -0.0885 e. The van der Waals surface area contributed by atoms with E-state index in [-0.39, 0.29) is 0 Å². The Kier molecular flexibility index (Phi) is 19.7. The van der Waals surface area contributed by atoms with E-state index < -0.39 is 0 Å². The molecule has 1 aromatic carbocycles. The van der Waals surface area contributed by atoms with Gasteiger partial charge in [0.2, 0.25) is 0 Å². The number of rotatable bonds is 0. The Morgan fingerprint density at radius 2 is 0.812 bits per heavy atom. The Labute approximate surface area is 202 Å². The van der Waals surface area contributed by atoms with E-state index in [0.29, 0.717) is 0 Å². The molecule has 3 fully saturated rings. The maximum absolute atomic E-state index is 2.36. The zero-order valence-corrected chi connectivity index (χ0v) is 22.1. The van der Waals surface area contributed by atoms with Crippen LogP contribution in [0.2, 0.25) is 0 Å². The van der Waals surface area contributed by atoms with Gasteiger partial charge in [0.1, 0.15) is 0 Å². The van der Waals surface area contributed by atoms with Gasteiger partial charge in [-0.2, -0.15) is 0 Å². The van der Waals surface area contributed by atoms with Gasteiger partial charge in [-0.1, -0.05) is 158 Å². The molecule has 0 bridgehead atoms. The van der Waals surface area contributed by atoms with Gasteiger partial charge in [-0.05, 0) is 44.4 Å². The topological polar surface area (TPSA) is 0 Å². The average molecular weight is 441 g/mol. The Hall–Kier alpha value is -1.04. The molecular formula is C32H56. The first kappa shape index (κ1) is 29.0. The van der Waals surface area contributed by atoms with Crippen molar-refractivity contribution in [2.75, 3.05) is 0 Å². The van der Waals surface area contributed by atoms with Gasteiger partial charge in [0, 0.05) is 0 Å². The molecule has 4 aliphatic carbocycles. The molecule has 3 saturated carbocycles. The molecule has 0 amide bonds. The highest BCUT2D eigenvalue weighted by Crippen LogP contribution is 2.23. The fourth-order valence-electron chi connectivity index (χ4n) is 4.79. The Morgan fingerprint density at radius 1 is 0.469 bits per heavy atom. The lowest BCUT2D eigenvalue weighted by Crippen LogP contribution is -1.99. The van der Waals surface area contributed by atoms with Gasteiger partial charge in [-0.15, -0.1) is 0 Å². The summed E-state index contributed by atoms with van der Waals surface area (Å²) in [6.07, 6.45) is 32.4. The maximum atomic E-state index is 2.36. The summed E-state index contributed by atoms with van der Waals surface area (Å²) >= 11 is 0. The zero-order valence-electron chi connectivity index (χ0n) is 22.1. The molecule has 32 heavy (non-hydrogen) atoms. The van der Waals surface area contributed by atoms with Gasteiger partial charge in [0.15, 0.2) is 0 Å². The summed E-state index contributed by atoms with van der Waals surface area (Å²) in [7, 11) is 0. The second kappa shape index (κ2) is 21.8. The van der Waals surface area contributed by atoms with Gasteiger partial charge < -0.3 is 0 Å². The lowest BCUT2D eigenvalue weighted by molar-refractivity contribution is 0.385. The minimum atomic E-state index is 1.04. The standard InChI is InChI=1S/C7H14.C7H8.2C6H12.C6H10/c2*1-7-5-3-2-4-6-7;1-6-4-2-3-5-6;2*1-2-4-6-5-3-1/h7H,2-6H2,1H3;2-6H,1H3;6H,2-5H2,1H3;1-6H2;1-2H,3-6H2. The van der Waals surface area contributed by atoms with E-state index in [9.17, 15) is 0 Å². The average Bonchev–Trinajstić information content (AvgIpc) is 3.35. The van der Waals surface area contributed by atoms with Crippen molar-refractivity contribution in [3.63, 3.8) is 0 Å². The lowest BCUT2D eigenvalue weighted by atomic mass is 9.91. The minimum absolute atomic E-state index is 1.04. The van der Waals surface area contributed by atoms with Crippen LogP contribution in [0.1, 0.15) is 141 Å². The molecule has 0 aromatic heterocycles. The lowest BCUT2D eigenvalue weighted by Gasteiger charge is -2.15. The van der Waals surface area contributed by atoms with E-state index in [4.69, 9.17) is 0 Å². The molecule has 0 N–H and O–H groups in total. The Morgan fingerprint density at radius 3 is 1.00 bits per heavy atom. The van der Waals surface area contributed by atoms with Crippen molar-refractivity contribution < 1.29 is 0 Å². The SMILES string of the molecule is C1=CCCCC1.C1CCCCC1.CC1CCCC1.CC1CCCCC1.Cc1ccccc1. The van der Waals surface area contributed by atoms with Crippen LogP contribution in [0.5, 0.6) is 0 Å². The molecule has 184 valence electrons. The molecule has 0 atom stereocenters. The number of hydrogen-bond donors (Lipinski definition) is 0. The molecule has 0 aliphatic heterocycles. The Balaban J connectivity index is 0.000000200. The van der Waals surface area contributed by atoms with E-state index in [0.717, 1.165) is 11.8 Å². The van der Waals surface area contributed by atoms with E-state index in [1.807, 2.05) is 18.2 Å². The summed E-state index contributed by atoms with van der Waals surface area (Å²) in [5, 5.41) is 0. The third-order valence-electron chi connectivity index (χ3n) is 7.14. The molecule has 0 saturated heterocycles. The van der Waals surface area contributed by atoms with Crippen LogP contribution >= 0.6 is 0 Å². The molecule has 0 unspecified atom stereocenters. The number of benzene rings is 1. The highest BCUT2D eigenvalue weighted by molar-refractivity contribution is 5.11. The summed E-state index contributed by atoms with van der Waals surface area (Å²) in [6.45, 7) is 6.78. The van der Waals surface area contributed by atoms with Crippen molar-refractivity contribution in [1.29, 1.82) is 0 Å². The van der Waals surface area contributed by atoms with Crippen molar-refractivity contribution in [3.8, 4) is 0 Å². The quantitative estimate of drug-likeness (QED) is 0.352. The molecule has 5 rings (SSSR count). The molecule has 1 aromatic rings. The summed E-state index contributed by atoms with van der Waals surface area (Å²) in [4.78, 5) is 0. The van der Waals surface area contributed by atoms with E-state index >= 15 is 0 Å². The van der Waals surface area contributed by atoms with Crippen molar-refractivity contribution in [2.24, 2.45) is 11.8 Å². The second-order valence-electron chi connectivity index (χ2n) is 10.7.